The summed E-state index contributed by atoms with van der Waals surface area (Å²) in [5, 5.41) is 8.01. The third-order valence-corrected chi connectivity index (χ3v) is 2.43. The summed E-state index contributed by atoms with van der Waals surface area (Å²) >= 11 is 8.93. The Morgan fingerprint density at radius 2 is 2.33 bits per heavy atom. The van der Waals surface area contributed by atoms with Crippen molar-refractivity contribution in [1.82, 2.24) is 10.2 Å². The van der Waals surface area contributed by atoms with Gasteiger partial charge >= 0.3 is 0 Å². The van der Waals surface area contributed by atoms with Gasteiger partial charge in [0.05, 0.1) is 16.8 Å². The van der Waals surface area contributed by atoms with Crippen molar-refractivity contribution in [2.24, 2.45) is 0 Å². The van der Waals surface area contributed by atoms with Crippen LogP contribution < -0.4 is 0 Å². The van der Waals surface area contributed by atoms with Crippen molar-refractivity contribution in [3.05, 3.63) is 21.4 Å². The molecular weight excluding hydrogens is 243 g/mol. The molecule has 0 spiro atoms. The summed E-state index contributed by atoms with van der Waals surface area (Å²) < 4.78 is 5.67. The van der Waals surface area contributed by atoms with Crippen LogP contribution >= 0.6 is 27.5 Å². The van der Waals surface area contributed by atoms with Crippen molar-refractivity contribution < 1.29 is 4.74 Å². The monoisotopic (exact) mass is 250 g/mol. The lowest BCUT2D eigenvalue weighted by Gasteiger charge is -1.99. The van der Waals surface area contributed by atoms with Crippen LogP contribution in [0.1, 0.15) is 5.69 Å². The zero-order valence-corrected chi connectivity index (χ0v) is 8.89. The number of ether oxygens (including phenoxy) is 1. The Balaban J connectivity index is 2.69. The molecule has 0 aliphatic carbocycles. The molecule has 0 atom stereocenters. The molecule has 0 aromatic carbocycles. The Labute approximate surface area is 84.2 Å². The van der Waals surface area contributed by atoms with Crippen LogP contribution in [0.25, 0.3) is 0 Å². The number of halogens is 2. The van der Waals surface area contributed by atoms with Gasteiger partial charge in [-0.2, -0.15) is 5.10 Å². The van der Waals surface area contributed by atoms with Crippen molar-refractivity contribution in [2.45, 2.75) is 6.42 Å². The van der Waals surface area contributed by atoms with E-state index in [1.807, 2.05) is 6.07 Å². The summed E-state index contributed by atoms with van der Waals surface area (Å²) in [6.45, 7) is 0.642. The van der Waals surface area contributed by atoms with Crippen molar-refractivity contribution in [3.63, 3.8) is 0 Å². The van der Waals surface area contributed by atoms with Crippen LogP contribution in [-0.4, -0.2) is 23.9 Å². The van der Waals surface area contributed by atoms with Gasteiger partial charge in [-0.15, -0.1) is 5.10 Å². The quantitative estimate of drug-likeness (QED) is 0.825. The van der Waals surface area contributed by atoms with Crippen molar-refractivity contribution in [1.29, 1.82) is 0 Å². The minimum absolute atomic E-state index is 0.385. The molecule has 0 fully saturated rings. The minimum atomic E-state index is 0.385. The van der Waals surface area contributed by atoms with Gasteiger partial charge in [-0.3, -0.25) is 0 Å². The Hall–Kier alpha value is -0.190. The van der Waals surface area contributed by atoms with E-state index in [1.165, 1.54) is 0 Å². The SMILES string of the molecule is COCCc1cc(Br)c(Cl)nn1. The number of aromatic nitrogens is 2. The number of hydrogen-bond acceptors (Lipinski definition) is 3. The minimum Gasteiger partial charge on any atom is -0.384 e. The van der Waals surface area contributed by atoms with Gasteiger partial charge in [0.1, 0.15) is 0 Å². The first-order chi connectivity index (χ1) is 5.74. The van der Waals surface area contributed by atoms with Gasteiger partial charge < -0.3 is 4.74 Å². The molecule has 0 saturated heterocycles. The zero-order valence-electron chi connectivity index (χ0n) is 6.55. The van der Waals surface area contributed by atoms with Crippen LogP contribution in [0.4, 0.5) is 0 Å². The van der Waals surface area contributed by atoms with Crippen LogP contribution in [0.2, 0.25) is 5.15 Å². The van der Waals surface area contributed by atoms with E-state index in [1.54, 1.807) is 7.11 Å². The van der Waals surface area contributed by atoms with E-state index in [4.69, 9.17) is 16.3 Å². The van der Waals surface area contributed by atoms with Crippen LogP contribution in [0.15, 0.2) is 10.5 Å². The maximum Gasteiger partial charge on any atom is 0.165 e. The molecule has 3 nitrogen and oxygen atoms in total. The third kappa shape index (κ3) is 2.69. The average molecular weight is 252 g/mol. The molecule has 1 rings (SSSR count). The highest BCUT2D eigenvalue weighted by Gasteiger charge is 2.01. The van der Waals surface area contributed by atoms with Gasteiger partial charge in [0.2, 0.25) is 0 Å². The molecule has 0 radical (unpaired) electrons. The van der Waals surface area contributed by atoms with E-state index in [9.17, 15) is 0 Å². The third-order valence-electron chi connectivity index (χ3n) is 1.32. The second-order valence-electron chi connectivity index (χ2n) is 2.22. The molecule has 0 bridgehead atoms. The van der Waals surface area contributed by atoms with E-state index in [0.717, 1.165) is 16.6 Å². The van der Waals surface area contributed by atoms with Gasteiger partial charge in [0.15, 0.2) is 5.15 Å². The van der Waals surface area contributed by atoms with Gasteiger partial charge in [-0.05, 0) is 22.0 Å². The van der Waals surface area contributed by atoms with Gasteiger partial charge in [0.25, 0.3) is 0 Å². The fraction of sp³-hybridized carbons (Fsp3) is 0.429. The molecule has 0 N–H and O–H groups in total. The Bertz CT molecular complexity index is 270. The van der Waals surface area contributed by atoms with Gasteiger partial charge in [-0.1, -0.05) is 11.6 Å². The Kier molecular flexibility index (Phi) is 3.91. The standard InChI is InChI=1S/C7H8BrClN2O/c1-12-3-2-5-4-6(8)7(9)11-10-5/h4H,2-3H2,1H3. The highest BCUT2D eigenvalue weighted by atomic mass is 79.9. The molecule has 1 aromatic heterocycles. The van der Waals surface area contributed by atoms with E-state index in [0.29, 0.717) is 11.8 Å². The lowest BCUT2D eigenvalue weighted by molar-refractivity contribution is 0.201. The summed E-state index contributed by atoms with van der Waals surface area (Å²) in [5.74, 6) is 0. The second-order valence-corrected chi connectivity index (χ2v) is 3.43. The highest BCUT2D eigenvalue weighted by molar-refractivity contribution is 9.10. The first-order valence-corrected chi connectivity index (χ1v) is 4.57. The fourth-order valence-electron chi connectivity index (χ4n) is 0.719. The van der Waals surface area contributed by atoms with E-state index in [2.05, 4.69) is 26.1 Å². The zero-order chi connectivity index (χ0) is 8.97. The second kappa shape index (κ2) is 4.74. The maximum absolute atomic E-state index is 5.66. The van der Waals surface area contributed by atoms with E-state index in [-0.39, 0.29) is 0 Å². The average Bonchev–Trinajstić information content (AvgIpc) is 2.07. The fourth-order valence-corrected chi connectivity index (χ4v) is 1.16. The Morgan fingerprint density at radius 3 is 2.92 bits per heavy atom. The number of methoxy groups -OCH3 is 1. The van der Waals surface area contributed by atoms with Crippen molar-refractivity contribution >= 4 is 27.5 Å². The Morgan fingerprint density at radius 1 is 1.58 bits per heavy atom. The number of nitrogens with zero attached hydrogens (tertiary/aromatic N) is 2. The molecule has 1 heterocycles. The van der Waals surface area contributed by atoms with E-state index >= 15 is 0 Å². The summed E-state index contributed by atoms with van der Waals surface area (Å²) in [6, 6.07) is 1.84. The number of hydrogen-bond donors (Lipinski definition) is 0. The predicted octanol–water partition coefficient (Wildman–Crippen LogP) is 2.08. The largest absolute Gasteiger partial charge is 0.384 e. The molecule has 1 aromatic rings. The molecule has 0 aliphatic rings. The molecule has 0 saturated carbocycles. The normalized spacial score (nSPS) is 10.2. The maximum atomic E-state index is 5.66. The molecular formula is C7H8BrClN2O. The summed E-state index contributed by atoms with van der Waals surface area (Å²) in [6.07, 6.45) is 0.749. The predicted molar refractivity (Wildman–Crippen MR) is 50.3 cm³/mol. The lowest BCUT2D eigenvalue weighted by atomic mass is 10.3. The first-order valence-electron chi connectivity index (χ1n) is 3.40. The molecule has 0 amide bonds. The smallest absolute Gasteiger partial charge is 0.165 e. The van der Waals surface area contributed by atoms with Gasteiger partial charge in [0, 0.05) is 13.5 Å². The molecule has 5 heteroatoms. The van der Waals surface area contributed by atoms with Crippen molar-refractivity contribution in [2.75, 3.05) is 13.7 Å². The molecule has 66 valence electrons. The topological polar surface area (TPSA) is 35.0 Å². The van der Waals surface area contributed by atoms with Crippen LogP contribution in [0.5, 0.6) is 0 Å². The molecule has 0 unspecified atom stereocenters. The van der Waals surface area contributed by atoms with Crippen LogP contribution in [0, 0.1) is 0 Å². The summed E-state index contributed by atoms with van der Waals surface area (Å²) in [5.41, 5.74) is 0.869. The lowest BCUT2D eigenvalue weighted by Crippen LogP contribution is -1.99. The van der Waals surface area contributed by atoms with Crippen LogP contribution in [-0.2, 0) is 11.2 Å². The van der Waals surface area contributed by atoms with Crippen molar-refractivity contribution in [3.8, 4) is 0 Å². The first kappa shape index (κ1) is 9.89. The molecule has 12 heavy (non-hydrogen) atoms. The summed E-state index contributed by atoms with van der Waals surface area (Å²) in [4.78, 5) is 0. The number of rotatable bonds is 3. The van der Waals surface area contributed by atoms with Gasteiger partial charge in [-0.25, -0.2) is 0 Å². The van der Waals surface area contributed by atoms with E-state index < -0.39 is 0 Å². The highest BCUT2D eigenvalue weighted by Crippen LogP contribution is 2.18. The van der Waals surface area contributed by atoms with Crippen LogP contribution in [0.3, 0.4) is 0 Å². The molecule has 0 aliphatic heterocycles. The summed E-state index contributed by atoms with van der Waals surface area (Å²) in [7, 11) is 1.65.